The lowest BCUT2D eigenvalue weighted by molar-refractivity contribution is 0.214. The zero-order valence-corrected chi connectivity index (χ0v) is 11.5. The highest BCUT2D eigenvalue weighted by atomic mass is 35.5. The smallest absolute Gasteiger partial charge is 0.321 e. The molecule has 2 rings (SSSR count). The van der Waals surface area contributed by atoms with Crippen LogP contribution in [0.1, 0.15) is 31.2 Å². The number of halogens is 1. The van der Waals surface area contributed by atoms with E-state index in [1.54, 1.807) is 0 Å². The average molecular weight is 267 g/mol. The van der Waals surface area contributed by atoms with Crippen molar-refractivity contribution in [3.8, 4) is 0 Å². The summed E-state index contributed by atoms with van der Waals surface area (Å²) < 4.78 is 0. The Morgan fingerprint density at radius 3 is 2.50 bits per heavy atom. The van der Waals surface area contributed by atoms with Crippen molar-refractivity contribution in [3.05, 3.63) is 28.8 Å². The van der Waals surface area contributed by atoms with Gasteiger partial charge in [0.05, 0.1) is 10.7 Å². The fraction of sp³-hybridized carbons (Fsp3) is 0.500. The summed E-state index contributed by atoms with van der Waals surface area (Å²) in [5.74, 6) is 0. The molecular formula is C14H19ClN2O. The SMILES string of the molecule is Cc1ccc(NC(=O)N2CCCCCC2)c(Cl)c1. The van der Waals surface area contributed by atoms with Crippen LogP contribution in [0.25, 0.3) is 0 Å². The molecule has 1 aromatic carbocycles. The Kier molecular flexibility index (Phi) is 4.48. The van der Waals surface area contributed by atoms with Crippen LogP contribution < -0.4 is 5.32 Å². The van der Waals surface area contributed by atoms with Crippen LogP contribution >= 0.6 is 11.6 Å². The molecule has 0 atom stereocenters. The Hall–Kier alpha value is -1.22. The van der Waals surface area contributed by atoms with Gasteiger partial charge in [-0.05, 0) is 37.5 Å². The quantitative estimate of drug-likeness (QED) is 0.817. The van der Waals surface area contributed by atoms with E-state index < -0.39 is 0 Å². The number of amides is 2. The Morgan fingerprint density at radius 2 is 1.89 bits per heavy atom. The fourth-order valence-electron chi connectivity index (χ4n) is 2.19. The van der Waals surface area contributed by atoms with E-state index in [9.17, 15) is 4.79 Å². The minimum Gasteiger partial charge on any atom is -0.325 e. The molecule has 2 amide bonds. The van der Waals surface area contributed by atoms with Crippen molar-refractivity contribution in [2.24, 2.45) is 0 Å². The number of hydrogen-bond acceptors (Lipinski definition) is 1. The maximum Gasteiger partial charge on any atom is 0.321 e. The zero-order valence-electron chi connectivity index (χ0n) is 10.7. The van der Waals surface area contributed by atoms with Gasteiger partial charge in [0.25, 0.3) is 0 Å². The second-order valence-electron chi connectivity index (χ2n) is 4.81. The minimum absolute atomic E-state index is 0.0392. The summed E-state index contributed by atoms with van der Waals surface area (Å²) in [6, 6.07) is 5.62. The van der Waals surface area contributed by atoms with E-state index in [1.807, 2.05) is 30.0 Å². The second kappa shape index (κ2) is 6.10. The summed E-state index contributed by atoms with van der Waals surface area (Å²) in [5.41, 5.74) is 1.78. The first-order valence-corrected chi connectivity index (χ1v) is 6.87. The first-order chi connectivity index (χ1) is 8.66. The third-order valence-corrected chi connectivity index (χ3v) is 3.57. The predicted molar refractivity (Wildman–Crippen MR) is 75.2 cm³/mol. The number of aryl methyl sites for hydroxylation is 1. The largest absolute Gasteiger partial charge is 0.325 e. The van der Waals surface area contributed by atoms with Gasteiger partial charge < -0.3 is 10.2 Å². The van der Waals surface area contributed by atoms with Crippen molar-refractivity contribution in [1.29, 1.82) is 0 Å². The van der Waals surface area contributed by atoms with Crippen molar-refractivity contribution in [3.63, 3.8) is 0 Å². The van der Waals surface area contributed by atoms with Crippen LogP contribution in [0, 0.1) is 6.92 Å². The molecule has 98 valence electrons. The number of carbonyl (C=O) groups excluding carboxylic acids is 1. The molecule has 1 saturated heterocycles. The van der Waals surface area contributed by atoms with Crippen molar-refractivity contribution < 1.29 is 4.79 Å². The minimum atomic E-state index is -0.0392. The van der Waals surface area contributed by atoms with Crippen LogP contribution in [0.15, 0.2) is 18.2 Å². The van der Waals surface area contributed by atoms with Gasteiger partial charge in [-0.25, -0.2) is 4.79 Å². The zero-order chi connectivity index (χ0) is 13.0. The normalized spacial score (nSPS) is 16.2. The van der Waals surface area contributed by atoms with E-state index in [2.05, 4.69) is 5.32 Å². The van der Waals surface area contributed by atoms with Crippen molar-refractivity contribution >= 4 is 23.3 Å². The monoisotopic (exact) mass is 266 g/mol. The molecule has 1 aliphatic heterocycles. The van der Waals surface area contributed by atoms with Crippen LogP contribution in [-0.2, 0) is 0 Å². The Balaban J connectivity index is 2.01. The van der Waals surface area contributed by atoms with Gasteiger partial charge in [0.2, 0.25) is 0 Å². The van der Waals surface area contributed by atoms with Gasteiger partial charge in [0, 0.05) is 13.1 Å². The fourth-order valence-corrected chi connectivity index (χ4v) is 2.47. The van der Waals surface area contributed by atoms with Crippen molar-refractivity contribution in [2.45, 2.75) is 32.6 Å². The molecule has 0 bridgehead atoms. The lowest BCUT2D eigenvalue weighted by Crippen LogP contribution is -2.35. The highest BCUT2D eigenvalue weighted by Gasteiger charge is 2.16. The number of nitrogens with one attached hydrogen (secondary N) is 1. The van der Waals surface area contributed by atoms with Crippen LogP contribution in [0.4, 0.5) is 10.5 Å². The molecule has 0 saturated carbocycles. The summed E-state index contributed by atoms with van der Waals surface area (Å²) in [5, 5.41) is 3.49. The van der Waals surface area contributed by atoms with Gasteiger partial charge in [0.15, 0.2) is 0 Å². The predicted octanol–water partition coefficient (Wildman–Crippen LogP) is 4.06. The van der Waals surface area contributed by atoms with E-state index in [1.165, 1.54) is 12.8 Å². The van der Waals surface area contributed by atoms with Crippen LogP contribution in [0.2, 0.25) is 5.02 Å². The van der Waals surface area contributed by atoms with Crippen molar-refractivity contribution in [1.82, 2.24) is 4.90 Å². The highest BCUT2D eigenvalue weighted by molar-refractivity contribution is 6.33. The lowest BCUT2D eigenvalue weighted by atomic mass is 10.2. The Bertz CT molecular complexity index is 426. The summed E-state index contributed by atoms with van der Waals surface area (Å²) in [6.45, 7) is 3.66. The molecule has 0 unspecified atom stereocenters. The molecule has 4 heteroatoms. The molecule has 1 fully saturated rings. The van der Waals surface area contributed by atoms with E-state index in [0.717, 1.165) is 31.5 Å². The van der Waals surface area contributed by atoms with E-state index in [-0.39, 0.29) is 6.03 Å². The van der Waals surface area contributed by atoms with Crippen LogP contribution in [-0.4, -0.2) is 24.0 Å². The number of anilines is 1. The molecule has 0 spiro atoms. The number of benzene rings is 1. The summed E-state index contributed by atoms with van der Waals surface area (Å²) in [6.07, 6.45) is 4.62. The Labute approximate surface area is 113 Å². The molecule has 0 aliphatic carbocycles. The maximum atomic E-state index is 12.1. The molecular weight excluding hydrogens is 248 g/mol. The molecule has 3 nitrogen and oxygen atoms in total. The van der Waals surface area contributed by atoms with Gasteiger partial charge in [0.1, 0.15) is 0 Å². The molecule has 0 aromatic heterocycles. The van der Waals surface area contributed by atoms with Gasteiger partial charge in [-0.3, -0.25) is 0 Å². The third kappa shape index (κ3) is 3.39. The topological polar surface area (TPSA) is 32.3 Å². The van der Waals surface area contributed by atoms with Crippen molar-refractivity contribution in [2.75, 3.05) is 18.4 Å². The highest BCUT2D eigenvalue weighted by Crippen LogP contribution is 2.23. The molecule has 1 aromatic rings. The second-order valence-corrected chi connectivity index (χ2v) is 5.22. The number of rotatable bonds is 1. The number of carbonyl (C=O) groups is 1. The van der Waals surface area contributed by atoms with Crippen LogP contribution in [0.3, 0.4) is 0 Å². The lowest BCUT2D eigenvalue weighted by Gasteiger charge is -2.21. The molecule has 18 heavy (non-hydrogen) atoms. The molecule has 1 heterocycles. The summed E-state index contributed by atoms with van der Waals surface area (Å²) >= 11 is 6.11. The van der Waals surface area contributed by atoms with Gasteiger partial charge in [-0.1, -0.05) is 30.5 Å². The van der Waals surface area contributed by atoms with E-state index in [0.29, 0.717) is 10.7 Å². The first-order valence-electron chi connectivity index (χ1n) is 6.49. The van der Waals surface area contributed by atoms with E-state index in [4.69, 9.17) is 11.6 Å². The molecule has 1 N–H and O–H groups in total. The van der Waals surface area contributed by atoms with Gasteiger partial charge in [-0.2, -0.15) is 0 Å². The number of urea groups is 1. The Morgan fingerprint density at radius 1 is 1.22 bits per heavy atom. The van der Waals surface area contributed by atoms with Gasteiger partial charge >= 0.3 is 6.03 Å². The summed E-state index contributed by atoms with van der Waals surface area (Å²) in [7, 11) is 0. The summed E-state index contributed by atoms with van der Waals surface area (Å²) in [4.78, 5) is 14.0. The number of nitrogens with zero attached hydrogens (tertiary/aromatic N) is 1. The first kappa shape index (κ1) is 13.2. The average Bonchev–Trinajstić information content (AvgIpc) is 2.61. The van der Waals surface area contributed by atoms with Gasteiger partial charge in [-0.15, -0.1) is 0 Å². The molecule has 1 aliphatic rings. The standard InChI is InChI=1S/C14H19ClN2O/c1-11-6-7-13(12(15)10-11)16-14(18)17-8-4-2-3-5-9-17/h6-7,10H,2-5,8-9H2,1H3,(H,16,18). The van der Waals surface area contributed by atoms with Crippen LogP contribution in [0.5, 0.6) is 0 Å². The number of hydrogen-bond donors (Lipinski definition) is 1. The van der Waals surface area contributed by atoms with E-state index >= 15 is 0 Å². The third-order valence-electron chi connectivity index (χ3n) is 3.26. The molecule has 0 radical (unpaired) electrons. The maximum absolute atomic E-state index is 12.1. The number of likely N-dealkylation sites (tertiary alicyclic amines) is 1.